The van der Waals surface area contributed by atoms with Crippen molar-refractivity contribution in [1.29, 1.82) is 0 Å². The van der Waals surface area contributed by atoms with Gasteiger partial charge in [0.2, 0.25) is 0 Å². The molecule has 1 aromatic rings. The number of ether oxygens (including phenoxy) is 1. The van der Waals surface area contributed by atoms with Crippen LogP contribution in [0, 0.1) is 5.92 Å². The van der Waals surface area contributed by atoms with E-state index in [0.29, 0.717) is 18.3 Å². The maximum Gasteiger partial charge on any atom is 0.435 e. The molecule has 7 heteroatoms. The summed E-state index contributed by atoms with van der Waals surface area (Å²) in [6.45, 7) is 3.43. The number of rotatable bonds is 4. The average Bonchev–Trinajstić information content (AvgIpc) is 2.83. The van der Waals surface area contributed by atoms with E-state index in [4.69, 9.17) is 4.74 Å². The Morgan fingerprint density at radius 3 is 2.74 bits per heavy atom. The fraction of sp³-hybridized carbons (Fsp3) is 0.667. The lowest BCUT2D eigenvalue weighted by atomic mass is 10.00. The zero-order valence-corrected chi connectivity index (χ0v) is 10.6. The molecule has 2 atom stereocenters. The van der Waals surface area contributed by atoms with Crippen molar-refractivity contribution in [2.24, 2.45) is 5.92 Å². The molecule has 0 aromatic carbocycles. The van der Waals surface area contributed by atoms with Gasteiger partial charge in [0.15, 0.2) is 5.69 Å². The number of anilines is 1. The molecule has 4 nitrogen and oxygen atoms in total. The lowest BCUT2D eigenvalue weighted by Gasteiger charge is -2.17. The first-order chi connectivity index (χ1) is 9.00. The Morgan fingerprint density at radius 1 is 1.37 bits per heavy atom. The largest absolute Gasteiger partial charge is 0.435 e. The van der Waals surface area contributed by atoms with Crippen LogP contribution in [0.1, 0.15) is 25.5 Å². The third-order valence-electron chi connectivity index (χ3n) is 3.25. The number of nitrogens with zero attached hydrogens (tertiary/aromatic N) is 2. The van der Waals surface area contributed by atoms with Crippen molar-refractivity contribution in [2.75, 3.05) is 18.5 Å². The van der Waals surface area contributed by atoms with Crippen LogP contribution in [0.5, 0.6) is 0 Å². The van der Waals surface area contributed by atoms with E-state index in [9.17, 15) is 13.2 Å². The monoisotopic (exact) mass is 275 g/mol. The van der Waals surface area contributed by atoms with Crippen molar-refractivity contribution < 1.29 is 17.9 Å². The summed E-state index contributed by atoms with van der Waals surface area (Å²) in [7, 11) is 0. The standard InChI is InChI=1S/C12H16F3N3O/c1-2-9-8(5-6-19-9)7-16-11-4-3-10(17-18-11)12(13,14)15/h3-4,8-9H,2,5-7H2,1H3,(H,16,18). The van der Waals surface area contributed by atoms with Gasteiger partial charge in [0, 0.05) is 19.1 Å². The average molecular weight is 275 g/mol. The molecule has 2 unspecified atom stereocenters. The Bertz CT molecular complexity index is 408. The molecule has 1 aliphatic rings. The third-order valence-corrected chi connectivity index (χ3v) is 3.25. The van der Waals surface area contributed by atoms with Gasteiger partial charge < -0.3 is 10.1 Å². The highest BCUT2D eigenvalue weighted by molar-refractivity contribution is 5.33. The van der Waals surface area contributed by atoms with Gasteiger partial charge in [-0.05, 0) is 25.0 Å². The maximum atomic E-state index is 12.3. The van der Waals surface area contributed by atoms with Gasteiger partial charge >= 0.3 is 6.18 Å². The smallest absolute Gasteiger partial charge is 0.378 e. The second kappa shape index (κ2) is 5.73. The van der Waals surface area contributed by atoms with E-state index >= 15 is 0 Å². The van der Waals surface area contributed by atoms with E-state index < -0.39 is 11.9 Å². The van der Waals surface area contributed by atoms with E-state index in [1.54, 1.807) is 0 Å². The van der Waals surface area contributed by atoms with Gasteiger partial charge in [-0.2, -0.15) is 13.2 Å². The van der Waals surface area contributed by atoms with Gasteiger partial charge in [-0.25, -0.2) is 0 Å². The van der Waals surface area contributed by atoms with Crippen LogP contribution in [0.25, 0.3) is 0 Å². The molecule has 1 fully saturated rings. The van der Waals surface area contributed by atoms with Crippen LogP contribution < -0.4 is 5.32 Å². The van der Waals surface area contributed by atoms with Crippen LogP contribution in [-0.4, -0.2) is 29.5 Å². The molecular formula is C12H16F3N3O. The molecule has 19 heavy (non-hydrogen) atoms. The SMILES string of the molecule is CCC1OCCC1CNc1ccc(C(F)(F)F)nn1. The summed E-state index contributed by atoms with van der Waals surface area (Å²) in [5.41, 5.74) is -0.978. The van der Waals surface area contributed by atoms with Crippen molar-refractivity contribution in [3.63, 3.8) is 0 Å². The predicted octanol–water partition coefficient (Wildman–Crippen LogP) is 2.72. The third kappa shape index (κ3) is 3.56. The molecule has 0 saturated carbocycles. The zero-order valence-electron chi connectivity index (χ0n) is 10.6. The molecular weight excluding hydrogens is 259 g/mol. The van der Waals surface area contributed by atoms with Crippen LogP contribution in [0.15, 0.2) is 12.1 Å². The highest BCUT2D eigenvalue weighted by Gasteiger charge is 2.33. The van der Waals surface area contributed by atoms with E-state index in [0.717, 1.165) is 25.5 Å². The summed E-state index contributed by atoms with van der Waals surface area (Å²) in [4.78, 5) is 0. The molecule has 1 aromatic heterocycles. The molecule has 0 radical (unpaired) electrons. The lowest BCUT2D eigenvalue weighted by Crippen LogP contribution is -2.23. The fourth-order valence-electron chi connectivity index (χ4n) is 2.19. The minimum atomic E-state index is -4.45. The van der Waals surface area contributed by atoms with Crippen molar-refractivity contribution in [1.82, 2.24) is 10.2 Å². The number of aromatic nitrogens is 2. The van der Waals surface area contributed by atoms with Crippen molar-refractivity contribution in [2.45, 2.75) is 32.0 Å². The molecule has 2 rings (SSSR count). The summed E-state index contributed by atoms with van der Waals surface area (Å²) in [5.74, 6) is 0.726. The van der Waals surface area contributed by atoms with Crippen LogP contribution >= 0.6 is 0 Å². The minimum absolute atomic E-state index is 0.218. The van der Waals surface area contributed by atoms with Crippen molar-refractivity contribution >= 4 is 5.82 Å². The topological polar surface area (TPSA) is 47.0 Å². The molecule has 0 aliphatic carbocycles. The molecule has 1 saturated heterocycles. The Balaban J connectivity index is 1.90. The number of hydrogen-bond acceptors (Lipinski definition) is 4. The Labute approximate surface area is 109 Å². The van der Waals surface area contributed by atoms with Crippen molar-refractivity contribution in [3.8, 4) is 0 Å². The molecule has 2 heterocycles. The van der Waals surface area contributed by atoms with Gasteiger partial charge in [-0.15, -0.1) is 10.2 Å². The summed E-state index contributed by atoms with van der Waals surface area (Å²) < 4.78 is 42.5. The summed E-state index contributed by atoms with van der Waals surface area (Å²) in [6, 6.07) is 2.23. The van der Waals surface area contributed by atoms with Crippen LogP contribution in [-0.2, 0) is 10.9 Å². The number of hydrogen-bond donors (Lipinski definition) is 1. The first-order valence-electron chi connectivity index (χ1n) is 6.27. The van der Waals surface area contributed by atoms with Gasteiger partial charge in [0.05, 0.1) is 6.10 Å². The highest BCUT2D eigenvalue weighted by atomic mass is 19.4. The summed E-state index contributed by atoms with van der Waals surface area (Å²) in [6.07, 6.45) is -2.34. The number of alkyl halides is 3. The minimum Gasteiger partial charge on any atom is -0.378 e. The zero-order chi connectivity index (χ0) is 13.9. The second-order valence-corrected chi connectivity index (χ2v) is 4.55. The van der Waals surface area contributed by atoms with Crippen LogP contribution in [0.2, 0.25) is 0 Å². The van der Waals surface area contributed by atoms with Gasteiger partial charge in [-0.3, -0.25) is 0 Å². The van der Waals surface area contributed by atoms with E-state index in [1.165, 1.54) is 6.07 Å². The Kier molecular flexibility index (Phi) is 4.24. The maximum absolute atomic E-state index is 12.3. The molecule has 1 aliphatic heterocycles. The summed E-state index contributed by atoms with van der Waals surface area (Å²) >= 11 is 0. The highest BCUT2D eigenvalue weighted by Crippen LogP contribution is 2.27. The van der Waals surface area contributed by atoms with E-state index in [2.05, 4.69) is 22.4 Å². The van der Waals surface area contributed by atoms with Gasteiger partial charge in [0.1, 0.15) is 5.82 Å². The van der Waals surface area contributed by atoms with Gasteiger partial charge in [0.25, 0.3) is 0 Å². The second-order valence-electron chi connectivity index (χ2n) is 4.55. The quantitative estimate of drug-likeness (QED) is 0.917. The molecule has 0 spiro atoms. The summed E-state index contributed by atoms with van der Waals surface area (Å²) in [5, 5.41) is 9.71. The number of halogens is 3. The van der Waals surface area contributed by atoms with Crippen molar-refractivity contribution in [3.05, 3.63) is 17.8 Å². The fourth-order valence-corrected chi connectivity index (χ4v) is 2.19. The number of nitrogens with one attached hydrogen (secondary N) is 1. The molecule has 0 bridgehead atoms. The lowest BCUT2D eigenvalue weighted by molar-refractivity contribution is -0.141. The normalized spacial score (nSPS) is 23.6. The van der Waals surface area contributed by atoms with Crippen LogP contribution in [0.3, 0.4) is 0 Å². The van der Waals surface area contributed by atoms with E-state index in [-0.39, 0.29) is 6.10 Å². The Morgan fingerprint density at radius 2 is 2.16 bits per heavy atom. The predicted molar refractivity (Wildman–Crippen MR) is 63.7 cm³/mol. The Hall–Kier alpha value is -1.37. The van der Waals surface area contributed by atoms with E-state index in [1.807, 2.05) is 0 Å². The molecule has 0 amide bonds. The first kappa shape index (κ1) is 14.0. The molecule has 1 N–H and O–H groups in total. The van der Waals surface area contributed by atoms with Gasteiger partial charge in [-0.1, -0.05) is 6.92 Å². The molecule has 106 valence electrons. The first-order valence-corrected chi connectivity index (χ1v) is 6.27. The van der Waals surface area contributed by atoms with Crippen LogP contribution in [0.4, 0.5) is 19.0 Å².